The highest BCUT2D eigenvalue weighted by Crippen LogP contribution is 2.28. The highest BCUT2D eigenvalue weighted by atomic mass is 16.5. The molecule has 3 N–H and O–H groups in total. The first-order valence-corrected chi connectivity index (χ1v) is 5.98. The van der Waals surface area contributed by atoms with Gasteiger partial charge in [-0.15, -0.1) is 0 Å². The van der Waals surface area contributed by atoms with E-state index in [2.05, 4.69) is 15.1 Å². The molecule has 3 aromatic rings. The molecule has 6 nitrogen and oxygen atoms in total. The van der Waals surface area contributed by atoms with Gasteiger partial charge in [0.15, 0.2) is 0 Å². The van der Waals surface area contributed by atoms with Crippen molar-refractivity contribution in [2.24, 2.45) is 0 Å². The van der Waals surface area contributed by atoms with Gasteiger partial charge in [0, 0.05) is 23.5 Å². The molecule has 0 bridgehead atoms. The molecule has 100 valence electrons. The number of nitrogens with two attached hydrogens (primary N) is 1. The molecule has 0 aliphatic heterocycles. The number of benzene rings is 1. The van der Waals surface area contributed by atoms with Crippen LogP contribution in [0.3, 0.4) is 0 Å². The molecule has 0 saturated heterocycles. The molecule has 1 aromatic carbocycles. The van der Waals surface area contributed by atoms with Gasteiger partial charge in [-0.1, -0.05) is 5.16 Å². The van der Waals surface area contributed by atoms with Crippen LogP contribution in [-0.2, 0) is 0 Å². The summed E-state index contributed by atoms with van der Waals surface area (Å²) in [4.78, 5) is 8.35. The van der Waals surface area contributed by atoms with E-state index in [0.717, 1.165) is 11.1 Å². The zero-order chi connectivity index (χ0) is 14.1. The van der Waals surface area contributed by atoms with E-state index in [9.17, 15) is 5.11 Å². The van der Waals surface area contributed by atoms with Crippen molar-refractivity contribution in [2.45, 2.75) is 6.92 Å². The number of aromatic nitrogens is 3. The highest BCUT2D eigenvalue weighted by Gasteiger charge is 2.13. The van der Waals surface area contributed by atoms with Crippen LogP contribution in [0.2, 0.25) is 0 Å². The van der Waals surface area contributed by atoms with Gasteiger partial charge in [-0.25, -0.2) is 0 Å². The van der Waals surface area contributed by atoms with Crippen molar-refractivity contribution in [3.8, 4) is 28.6 Å². The van der Waals surface area contributed by atoms with E-state index in [-0.39, 0.29) is 5.75 Å². The topological polar surface area (TPSA) is 98.1 Å². The number of pyridine rings is 1. The maximum Gasteiger partial charge on any atom is 0.258 e. The summed E-state index contributed by atoms with van der Waals surface area (Å²) in [5.74, 6) is 0.796. The van der Waals surface area contributed by atoms with E-state index < -0.39 is 0 Å². The van der Waals surface area contributed by atoms with Gasteiger partial charge in [0.25, 0.3) is 5.89 Å². The highest BCUT2D eigenvalue weighted by molar-refractivity contribution is 5.66. The number of hydrogen-bond donors (Lipinski definition) is 2. The Morgan fingerprint density at radius 2 is 2.10 bits per heavy atom. The summed E-state index contributed by atoms with van der Waals surface area (Å²) in [6, 6.07) is 6.62. The molecule has 0 saturated carbocycles. The number of rotatable bonds is 2. The van der Waals surface area contributed by atoms with Gasteiger partial charge in [-0.2, -0.15) is 4.98 Å². The third-order valence-corrected chi connectivity index (χ3v) is 2.96. The third kappa shape index (κ3) is 2.07. The van der Waals surface area contributed by atoms with Crippen LogP contribution < -0.4 is 5.73 Å². The smallest absolute Gasteiger partial charge is 0.258 e. The van der Waals surface area contributed by atoms with Crippen molar-refractivity contribution < 1.29 is 9.63 Å². The van der Waals surface area contributed by atoms with Crippen molar-refractivity contribution in [1.29, 1.82) is 0 Å². The summed E-state index contributed by atoms with van der Waals surface area (Å²) < 4.78 is 5.22. The van der Waals surface area contributed by atoms with Gasteiger partial charge < -0.3 is 15.4 Å². The third-order valence-electron chi connectivity index (χ3n) is 2.96. The van der Waals surface area contributed by atoms with Crippen molar-refractivity contribution in [2.75, 3.05) is 5.73 Å². The largest absolute Gasteiger partial charge is 0.506 e. The molecule has 0 aliphatic rings. The second-order valence-electron chi connectivity index (χ2n) is 4.39. The Labute approximate surface area is 114 Å². The lowest BCUT2D eigenvalue weighted by Crippen LogP contribution is -1.87. The van der Waals surface area contributed by atoms with Crippen molar-refractivity contribution in [1.82, 2.24) is 15.1 Å². The Kier molecular flexibility index (Phi) is 2.83. The molecule has 2 heterocycles. The molecule has 0 amide bonds. The van der Waals surface area contributed by atoms with Crippen molar-refractivity contribution >= 4 is 5.69 Å². The van der Waals surface area contributed by atoms with E-state index in [4.69, 9.17) is 10.3 Å². The Morgan fingerprint density at radius 1 is 1.25 bits per heavy atom. The lowest BCUT2D eigenvalue weighted by atomic mass is 10.1. The average Bonchev–Trinajstić information content (AvgIpc) is 2.92. The van der Waals surface area contributed by atoms with Gasteiger partial charge in [0.1, 0.15) is 5.75 Å². The standard InChI is InChI=1S/C14H12N4O2/c1-8-7-16-5-4-10(8)13-17-14(20-18-13)9-2-3-11(15)12(19)6-9/h2-7,19H,15H2,1H3. The number of anilines is 1. The fourth-order valence-electron chi connectivity index (χ4n) is 1.85. The summed E-state index contributed by atoms with van der Waals surface area (Å²) in [7, 11) is 0. The Bertz CT molecular complexity index is 767. The van der Waals surface area contributed by atoms with Crippen LogP contribution in [0, 0.1) is 6.92 Å². The summed E-state index contributed by atoms with van der Waals surface area (Å²) >= 11 is 0. The second-order valence-corrected chi connectivity index (χ2v) is 4.39. The van der Waals surface area contributed by atoms with Crippen LogP contribution in [-0.4, -0.2) is 20.2 Å². The van der Waals surface area contributed by atoms with Crippen LogP contribution in [0.15, 0.2) is 41.2 Å². The monoisotopic (exact) mass is 268 g/mol. The predicted octanol–water partition coefficient (Wildman–Crippen LogP) is 2.39. The minimum atomic E-state index is -0.0117. The van der Waals surface area contributed by atoms with Gasteiger partial charge >= 0.3 is 0 Å². The molecule has 0 unspecified atom stereocenters. The average molecular weight is 268 g/mol. The number of phenols is 1. The molecule has 6 heteroatoms. The van der Waals surface area contributed by atoms with Gasteiger partial charge in [-0.3, -0.25) is 4.98 Å². The Hall–Kier alpha value is -2.89. The Morgan fingerprint density at radius 3 is 2.85 bits per heavy atom. The quantitative estimate of drug-likeness (QED) is 0.547. The number of phenolic OH excluding ortho intramolecular Hbond substituents is 1. The lowest BCUT2D eigenvalue weighted by molar-refractivity contribution is 0.431. The summed E-state index contributed by atoms with van der Waals surface area (Å²) in [6.07, 6.45) is 3.41. The molecular weight excluding hydrogens is 256 g/mol. The molecule has 2 aromatic heterocycles. The molecule has 3 rings (SSSR count). The number of aromatic hydroxyl groups is 1. The van der Waals surface area contributed by atoms with Gasteiger partial charge in [-0.05, 0) is 36.8 Å². The molecule has 0 aliphatic carbocycles. The predicted molar refractivity (Wildman–Crippen MR) is 73.8 cm³/mol. The number of hydrogen-bond acceptors (Lipinski definition) is 6. The fourth-order valence-corrected chi connectivity index (χ4v) is 1.85. The molecule has 0 atom stereocenters. The summed E-state index contributed by atoms with van der Waals surface area (Å²) in [6.45, 7) is 1.92. The Balaban J connectivity index is 2.02. The molecule has 0 fully saturated rings. The zero-order valence-corrected chi connectivity index (χ0v) is 10.7. The van der Waals surface area contributed by atoms with Gasteiger partial charge in [0.05, 0.1) is 5.69 Å². The van der Waals surface area contributed by atoms with E-state index in [1.807, 2.05) is 13.0 Å². The first kappa shape index (κ1) is 12.2. The van der Waals surface area contributed by atoms with E-state index in [1.54, 1.807) is 24.5 Å². The van der Waals surface area contributed by atoms with Crippen LogP contribution in [0.5, 0.6) is 5.75 Å². The van der Waals surface area contributed by atoms with E-state index in [1.165, 1.54) is 6.07 Å². The van der Waals surface area contributed by atoms with Crippen molar-refractivity contribution in [3.63, 3.8) is 0 Å². The van der Waals surface area contributed by atoms with Crippen LogP contribution in [0.4, 0.5) is 5.69 Å². The van der Waals surface area contributed by atoms with Crippen LogP contribution in [0.1, 0.15) is 5.56 Å². The van der Waals surface area contributed by atoms with Crippen LogP contribution in [0.25, 0.3) is 22.8 Å². The molecule has 0 radical (unpaired) electrons. The maximum absolute atomic E-state index is 9.61. The number of aryl methyl sites for hydroxylation is 1. The molecule has 20 heavy (non-hydrogen) atoms. The lowest BCUT2D eigenvalue weighted by Gasteiger charge is -1.99. The van der Waals surface area contributed by atoms with Crippen LogP contribution >= 0.6 is 0 Å². The van der Waals surface area contributed by atoms with E-state index in [0.29, 0.717) is 23.0 Å². The number of nitrogen functional groups attached to an aromatic ring is 1. The maximum atomic E-state index is 9.61. The van der Waals surface area contributed by atoms with Crippen molar-refractivity contribution in [3.05, 3.63) is 42.2 Å². The first-order chi connectivity index (χ1) is 9.65. The fraction of sp³-hybridized carbons (Fsp3) is 0.0714. The van der Waals surface area contributed by atoms with E-state index >= 15 is 0 Å². The minimum Gasteiger partial charge on any atom is -0.506 e. The second kappa shape index (κ2) is 4.65. The zero-order valence-electron chi connectivity index (χ0n) is 10.7. The summed E-state index contributed by atoms with van der Waals surface area (Å²) in [5, 5.41) is 13.6. The number of nitrogens with zero attached hydrogens (tertiary/aromatic N) is 3. The summed E-state index contributed by atoms with van der Waals surface area (Å²) in [5.41, 5.74) is 8.29. The first-order valence-electron chi connectivity index (χ1n) is 5.98. The van der Waals surface area contributed by atoms with Gasteiger partial charge in [0.2, 0.25) is 5.82 Å². The molecular formula is C14H12N4O2. The normalized spacial score (nSPS) is 10.7. The SMILES string of the molecule is Cc1cnccc1-c1noc(-c2ccc(N)c(O)c2)n1. The minimum absolute atomic E-state index is 0.0117. The molecule has 0 spiro atoms.